The predicted octanol–water partition coefficient (Wildman–Crippen LogP) is 1.91. The van der Waals surface area contributed by atoms with Crippen molar-refractivity contribution < 1.29 is 18.3 Å². The molecule has 0 aromatic heterocycles. The van der Waals surface area contributed by atoms with Crippen molar-refractivity contribution in [1.29, 1.82) is 0 Å². The fourth-order valence-corrected chi connectivity index (χ4v) is 1.95. The molecule has 1 rings (SSSR count). The number of hydrogen-bond donors (Lipinski definition) is 2. The first-order valence-corrected chi connectivity index (χ1v) is 7.74. The first-order chi connectivity index (χ1) is 11.5. The number of ether oxygens (including phenoxy) is 2. The van der Waals surface area contributed by atoms with Crippen LogP contribution in [0.4, 0.5) is 8.78 Å². The van der Waals surface area contributed by atoms with E-state index < -0.39 is 6.61 Å². The number of likely N-dealkylation sites (N-methyl/N-ethyl adjacent to an activating group) is 1. The topological polar surface area (TPSA) is 58.1 Å². The fourth-order valence-electron chi connectivity index (χ4n) is 1.95. The highest BCUT2D eigenvalue weighted by atomic mass is 19.3. The van der Waals surface area contributed by atoms with Gasteiger partial charge in [-0.1, -0.05) is 6.92 Å². The Bertz CT molecular complexity index is 527. The summed E-state index contributed by atoms with van der Waals surface area (Å²) in [6.45, 7) is 2.05. The van der Waals surface area contributed by atoms with Crippen molar-refractivity contribution in [3.8, 4) is 11.5 Å². The minimum absolute atomic E-state index is 0.111. The zero-order valence-electron chi connectivity index (χ0n) is 14.6. The summed E-state index contributed by atoms with van der Waals surface area (Å²) in [5.41, 5.74) is 0.559. The van der Waals surface area contributed by atoms with Crippen LogP contribution in [-0.2, 0) is 6.54 Å². The Morgan fingerprint density at radius 1 is 1.33 bits per heavy atom. The Labute approximate surface area is 141 Å². The van der Waals surface area contributed by atoms with Crippen LogP contribution in [0, 0.1) is 0 Å². The lowest BCUT2D eigenvalue weighted by Crippen LogP contribution is -2.40. The summed E-state index contributed by atoms with van der Waals surface area (Å²) < 4.78 is 34.7. The highest BCUT2D eigenvalue weighted by Gasteiger charge is 2.11. The van der Waals surface area contributed by atoms with E-state index in [-0.39, 0.29) is 12.3 Å². The minimum Gasteiger partial charge on any atom is -0.497 e. The first-order valence-electron chi connectivity index (χ1n) is 7.74. The first kappa shape index (κ1) is 20.0. The smallest absolute Gasteiger partial charge is 0.387 e. The normalized spacial score (nSPS) is 11.8. The molecule has 0 aliphatic rings. The predicted molar refractivity (Wildman–Crippen MR) is 91.0 cm³/mol. The molecule has 0 aliphatic heterocycles. The van der Waals surface area contributed by atoms with Crippen LogP contribution in [0.25, 0.3) is 0 Å². The lowest BCUT2D eigenvalue weighted by molar-refractivity contribution is -0.0504. The van der Waals surface area contributed by atoms with Gasteiger partial charge in [0, 0.05) is 32.2 Å². The molecule has 24 heavy (non-hydrogen) atoms. The second-order valence-electron chi connectivity index (χ2n) is 5.10. The van der Waals surface area contributed by atoms with Crippen LogP contribution in [0.2, 0.25) is 0 Å². The molecule has 136 valence electrons. The van der Waals surface area contributed by atoms with Gasteiger partial charge in [-0.25, -0.2) is 0 Å². The van der Waals surface area contributed by atoms with Gasteiger partial charge in [0.05, 0.1) is 7.11 Å². The van der Waals surface area contributed by atoms with Gasteiger partial charge in [0.25, 0.3) is 0 Å². The number of nitrogens with one attached hydrogen (secondary N) is 2. The SMILES string of the molecule is CCN(C)CCNC(=NC)NCc1cc(OC)ccc1OC(F)F. The lowest BCUT2D eigenvalue weighted by atomic mass is 10.2. The van der Waals surface area contributed by atoms with Crippen LogP contribution >= 0.6 is 0 Å². The maximum atomic E-state index is 12.5. The molecule has 0 radical (unpaired) electrons. The molecular weight excluding hydrogens is 318 g/mol. The largest absolute Gasteiger partial charge is 0.497 e. The summed E-state index contributed by atoms with van der Waals surface area (Å²) in [4.78, 5) is 6.28. The highest BCUT2D eigenvalue weighted by Crippen LogP contribution is 2.25. The lowest BCUT2D eigenvalue weighted by Gasteiger charge is -2.17. The number of rotatable bonds is 9. The van der Waals surface area contributed by atoms with E-state index in [1.807, 2.05) is 7.05 Å². The maximum Gasteiger partial charge on any atom is 0.387 e. The Morgan fingerprint density at radius 2 is 2.08 bits per heavy atom. The highest BCUT2D eigenvalue weighted by molar-refractivity contribution is 5.79. The third-order valence-corrected chi connectivity index (χ3v) is 3.48. The number of aliphatic imine (C=N–C) groups is 1. The molecule has 0 saturated carbocycles. The zero-order valence-corrected chi connectivity index (χ0v) is 14.6. The number of halogens is 2. The standard InChI is InChI=1S/C16H26F2N4O2/c1-5-22(3)9-8-20-16(19-2)21-11-12-10-13(23-4)6-7-14(12)24-15(17)18/h6-7,10,15H,5,8-9,11H2,1-4H3,(H2,19,20,21). The summed E-state index contributed by atoms with van der Waals surface area (Å²) in [5, 5.41) is 6.25. The van der Waals surface area contributed by atoms with E-state index in [1.54, 1.807) is 19.2 Å². The van der Waals surface area contributed by atoms with Crippen molar-refractivity contribution >= 4 is 5.96 Å². The molecule has 0 unspecified atom stereocenters. The summed E-state index contributed by atoms with van der Waals surface area (Å²) in [7, 11) is 5.20. The molecule has 0 heterocycles. The van der Waals surface area contributed by atoms with Gasteiger partial charge in [0.1, 0.15) is 11.5 Å². The van der Waals surface area contributed by atoms with E-state index in [2.05, 4.69) is 32.2 Å². The number of guanidine groups is 1. The van der Waals surface area contributed by atoms with E-state index in [4.69, 9.17) is 4.74 Å². The zero-order chi connectivity index (χ0) is 17.9. The molecule has 0 atom stereocenters. The van der Waals surface area contributed by atoms with Gasteiger partial charge in [-0.05, 0) is 31.8 Å². The van der Waals surface area contributed by atoms with E-state index >= 15 is 0 Å². The fraction of sp³-hybridized carbons (Fsp3) is 0.562. The Kier molecular flexibility index (Phi) is 8.85. The molecule has 2 N–H and O–H groups in total. The molecule has 0 saturated heterocycles. The molecular formula is C16H26F2N4O2. The van der Waals surface area contributed by atoms with Crippen LogP contribution in [0.3, 0.4) is 0 Å². The van der Waals surface area contributed by atoms with Crippen LogP contribution in [0.5, 0.6) is 11.5 Å². The van der Waals surface area contributed by atoms with Gasteiger partial charge in [0.2, 0.25) is 0 Å². The quantitative estimate of drug-likeness (QED) is 0.529. The summed E-state index contributed by atoms with van der Waals surface area (Å²) in [6, 6.07) is 4.70. The Morgan fingerprint density at radius 3 is 2.67 bits per heavy atom. The van der Waals surface area contributed by atoms with Gasteiger partial charge in [-0.3, -0.25) is 4.99 Å². The van der Waals surface area contributed by atoms with Crippen LogP contribution < -0.4 is 20.1 Å². The van der Waals surface area contributed by atoms with Crippen molar-refractivity contribution in [1.82, 2.24) is 15.5 Å². The molecule has 0 fully saturated rings. The maximum absolute atomic E-state index is 12.5. The van der Waals surface area contributed by atoms with Gasteiger partial charge < -0.3 is 25.0 Å². The van der Waals surface area contributed by atoms with E-state index in [0.29, 0.717) is 17.3 Å². The molecule has 0 spiro atoms. The third-order valence-electron chi connectivity index (χ3n) is 3.48. The van der Waals surface area contributed by atoms with Crippen molar-refractivity contribution in [2.24, 2.45) is 4.99 Å². The van der Waals surface area contributed by atoms with Crippen molar-refractivity contribution in [3.63, 3.8) is 0 Å². The summed E-state index contributed by atoms with van der Waals surface area (Å²) in [5.74, 6) is 1.27. The second-order valence-corrected chi connectivity index (χ2v) is 5.10. The molecule has 6 nitrogen and oxygen atoms in total. The Balaban J connectivity index is 2.66. The third kappa shape index (κ3) is 6.99. The van der Waals surface area contributed by atoms with Gasteiger partial charge in [-0.2, -0.15) is 8.78 Å². The molecule has 0 bridgehead atoms. The molecule has 0 aliphatic carbocycles. The van der Waals surface area contributed by atoms with E-state index in [9.17, 15) is 8.78 Å². The van der Waals surface area contributed by atoms with Gasteiger partial charge >= 0.3 is 6.61 Å². The molecule has 0 amide bonds. The average molecular weight is 344 g/mol. The van der Waals surface area contributed by atoms with Gasteiger partial charge in [-0.15, -0.1) is 0 Å². The second kappa shape index (κ2) is 10.6. The number of benzene rings is 1. The van der Waals surface area contributed by atoms with E-state index in [1.165, 1.54) is 13.2 Å². The number of methoxy groups -OCH3 is 1. The van der Waals surface area contributed by atoms with Crippen molar-refractivity contribution in [2.75, 3.05) is 40.8 Å². The summed E-state index contributed by atoms with van der Waals surface area (Å²) >= 11 is 0. The number of nitrogens with zero attached hydrogens (tertiary/aromatic N) is 2. The summed E-state index contributed by atoms with van der Waals surface area (Å²) in [6.07, 6.45) is 0. The van der Waals surface area contributed by atoms with E-state index in [0.717, 1.165) is 19.6 Å². The van der Waals surface area contributed by atoms with Crippen molar-refractivity contribution in [2.45, 2.75) is 20.1 Å². The molecule has 1 aromatic rings. The van der Waals surface area contributed by atoms with Crippen LogP contribution in [0.1, 0.15) is 12.5 Å². The molecule has 1 aromatic carbocycles. The minimum atomic E-state index is -2.88. The average Bonchev–Trinajstić information content (AvgIpc) is 2.58. The van der Waals surface area contributed by atoms with Crippen LogP contribution in [0.15, 0.2) is 23.2 Å². The van der Waals surface area contributed by atoms with Gasteiger partial charge in [0.15, 0.2) is 5.96 Å². The Hall–Kier alpha value is -2.09. The number of hydrogen-bond acceptors (Lipinski definition) is 4. The van der Waals surface area contributed by atoms with Crippen molar-refractivity contribution in [3.05, 3.63) is 23.8 Å². The van der Waals surface area contributed by atoms with Crippen LogP contribution in [-0.4, -0.2) is 58.3 Å². The molecule has 8 heteroatoms. The number of alkyl halides is 2. The monoisotopic (exact) mass is 344 g/mol.